The van der Waals surface area contributed by atoms with E-state index in [-0.39, 0.29) is 18.1 Å². The minimum atomic E-state index is -0.261. The Morgan fingerprint density at radius 1 is 1.25 bits per heavy atom. The number of nitrogens with one attached hydrogen (secondary N) is 1. The smallest absolute Gasteiger partial charge is 0.126 e. The van der Waals surface area contributed by atoms with Gasteiger partial charge in [-0.15, -0.1) is 0 Å². The molecular formula is C22H20FN3O2. The molecule has 3 aromatic rings. The Balaban J connectivity index is 1.84. The molecule has 0 radical (unpaired) electrons. The lowest BCUT2D eigenvalue weighted by molar-refractivity contribution is 0.473. The maximum absolute atomic E-state index is 13.7. The Labute approximate surface area is 162 Å². The van der Waals surface area contributed by atoms with Gasteiger partial charge in [0.15, 0.2) is 0 Å². The van der Waals surface area contributed by atoms with Gasteiger partial charge in [0.05, 0.1) is 0 Å². The Morgan fingerprint density at radius 3 is 2.82 bits per heavy atom. The van der Waals surface area contributed by atoms with Gasteiger partial charge in [-0.2, -0.15) is 4.91 Å². The molecule has 0 aliphatic carbocycles. The molecule has 0 aliphatic heterocycles. The van der Waals surface area contributed by atoms with E-state index in [2.05, 4.69) is 22.1 Å². The highest BCUT2D eigenvalue weighted by molar-refractivity contribution is 5.75. The van der Waals surface area contributed by atoms with Crippen LogP contribution in [0.1, 0.15) is 22.3 Å². The van der Waals surface area contributed by atoms with E-state index in [4.69, 9.17) is 0 Å². The highest BCUT2D eigenvalue weighted by Crippen LogP contribution is 2.31. The van der Waals surface area contributed by atoms with Crippen LogP contribution in [0, 0.1) is 17.6 Å². The number of rotatable bonds is 7. The summed E-state index contributed by atoms with van der Waals surface area (Å²) in [6, 6.07) is 11.8. The average Bonchev–Trinajstić information content (AvgIpc) is 2.70. The summed E-state index contributed by atoms with van der Waals surface area (Å²) in [6.45, 7) is 6.10. The van der Waals surface area contributed by atoms with Gasteiger partial charge in [-0.25, -0.2) is 4.39 Å². The molecule has 0 aliphatic rings. The summed E-state index contributed by atoms with van der Waals surface area (Å²) >= 11 is 0. The van der Waals surface area contributed by atoms with Gasteiger partial charge in [0.2, 0.25) is 0 Å². The van der Waals surface area contributed by atoms with Crippen molar-refractivity contribution in [1.29, 1.82) is 0 Å². The Bertz CT molecular complexity index is 1030. The molecule has 5 nitrogen and oxygen atoms in total. The van der Waals surface area contributed by atoms with Crippen LogP contribution in [0.3, 0.4) is 0 Å². The minimum Gasteiger partial charge on any atom is -0.507 e. The second-order valence-corrected chi connectivity index (χ2v) is 6.47. The molecule has 6 heteroatoms. The van der Waals surface area contributed by atoms with Gasteiger partial charge in [-0.1, -0.05) is 30.0 Å². The van der Waals surface area contributed by atoms with E-state index in [0.29, 0.717) is 23.4 Å². The fourth-order valence-electron chi connectivity index (χ4n) is 2.89. The van der Waals surface area contributed by atoms with Crippen LogP contribution < -0.4 is 5.32 Å². The molecule has 2 aromatic carbocycles. The van der Waals surface area contributed by atoms with Gasteiger partial charge in [-0.05, 0) is 53.4 Å². The summed E-state index contributed by atoms with van der Waals surface area (Å²) in [6.07, 6.45) is 3.26. The van der Waals surface area contributed by atoms with Crippen LogP contribution in [-0.2, 0) is 13.1 Å². The van der Waals surface area contributed by atoms with Crippen molar-refractivity contribution in [2.75, 3.05) is 0 Å². The molecule has 0 atom stereocenters. The number of pyridine rings is 1. The standard InChI is InChI=1S/C22H20FN3O2/c1-14-3-4-16(9-21(14)23)11-25-15(2)19-10-17(5-6-22(19)27)20-13-24-8-7-18(20)12-26-28/h3-10,13,25,27H,2,11-12H2,1H3. The lowest BCUT2D eigenvalue weighted by Crippen LogP contribution is -2.11. The molecule has 0 spiro atoms. The number of benzene rings is 2. The zero-order chi connectivity index (χ0) is 20.1. The van der Waals surface area contributed by atoms with Gasteiger partial charge in [-0.3, -0.25) is 4.98 Å². The van der Waals surface area contributed by atoms with Crippen LogP contribution in [-0.4, -0.2) is 10.1 Å². The lowest BCUT2D eigenvalue weighted by atomic mass is 9.98. The van der Waals surface area contributed by atoms with Gasteiger partial charge in [0, 0.05) is 35.8 Å². The number of phenolic OH excluding ortho intramolecular Hbond substituents is 1. The first kappa shape index (κ1) is 19.2. The summed E-state index contributed by atoms with van der Waals surface area (Å²) in [7, 11) is 0. The average molecular weight is 377 g/mol. The third-order valence-electron chi connectivity index (χ3n) is 4.52. The highest BCUT2D eigenvalue weighted by atomic mass is 19.1. The van der Waals surface area contributed by atoms with Crippen LogP contribution in [0.2, 0.25) is 0 Å². The van der Waals surface area contributed by atoms with E-state index in [1.165, 1.54) is 6.07 Å². The lowest BCUT2D eigenvalue weighted by Gasteiger charge is -2.14. The van der Waals surface area contributed by atoms with Crippen LogP contribution in [0.4, 0.5) is 4.39 Å². The third kappa shape index (κ3) is 4.23. The maximum atomic E-state index is 13.7. The Kier molecular flexibility index (Phi) is 5.79. The van der Waals surface area contributed by atoms with E-state index >= 15 is 0 Å². The van der Waals surface area contributed by atoms with Crippen LogP contribution in [0.5, 0.6) is 5.75 Å². The monoisotopic (exact) mass is 377 g/mol. The molecule has 0 bridgehead atoms. The first-order valence-corrected chi connectivity index (χ1v) is 8.73. The summed E-state index contributed by atoms with van der Waals surface area (Å²) in [5.41, 5.74) is 4.66. The normalized spacial score (nSPS) is 10.5. The predicted molar refractivity (Wildman–Crippen MR) is 108 cm³/mol. The first-order chi connectivity index (χ1) is 13.5. The van der Waals surface area contributed by atoms with Crippen LogP contribution in [0.25, 0.3) is 16.8 Å². The zero-order valence-corrected chi connectivity index (χ0v) is 15.4. The summed E-state index contributed by atoms with van der Waals surface area (Å²) in [5, 5.41) is 16.3. The molecule has 0 saturated carbocycles. The first-order valence-electron chi connectivity index (χ1n) is 8.73. The molecule has 2 N–H and O–H groups in total. The van der Waals surface area contributed by atoms with Crippen molar-refractivity contribution in [1.82, 2.24) is 10.3 Å². The second-order valence-electron chi connectivity index (χ2n) is 6.47. The fourth-order valence-corrected chi connectivity index (χ4v) is 2.89. The maximum Gasteiger partial charge on any atom is 0.126 e. The summed E-state index contributed by atoms with van der Waals surface area (Å²) < 4.78 is 13.7. The van der Waals surface area contributed by atoms with Crippen molar-refractivity contribution >= 4 is 5.70 Å². The number of nitrogens with zero attached hydrogens (tertiary/aromatic N) is 2. The van der Waals surface area contributed by atoms with E-state index in [0.717, 1.165) is 22.3 Å². The number of nitroso groups, excluding NO2 is 1. The van der Waals surface area contributed by atoms with Gasteiger partial charge in [0.25, 0.3) is 0 Å². The van der Waals surface area contributed by atoms with Crippen LogP contribution in [0.15, 0.2) is 66.6 Å². The largest absolute Gasteiger partial charge is 0.507 e. The highest BCUT2D eigenvalue weighted by Gasteiger charge is 2.11. The molecule has 1 aromatic heterocycles. The number of phenols is 1. The molecule has 3 rings (SSSR count). The molecule has 0 unspecified atom stereocenters. The molecular weight excluding hydrogens is 357 g/mol. The Morgan fingerprint density at radius 2 is 2.07 bits per heavy atom. The molecule has 0 fully saturated rings. The van der Waals surface area contributed by atoms with E-state index in [1.54, 1.807) is 49.6 Å². The van der Waals surface area contributed by atoms with E-state index < -0.39 is 0 Å². The number of aryl methyl sites for hydroxylation is 1. The number of aromatic hydroxyl groups is 1. The quantitative estimate of drug-likeness (QED) is 0.573. The third-order valence-corrected chi connectivity index (χ3v) is 4.52. The Hall–Kier alpha value is -3.54. The number of hydrogen-bond acceptors (Lipinski definition) is 5. The second kappa shape index (κ2) is 8.43. The van der Waals surface area contributed by atoms with Crippen molar-refractivity contribution in [3.8, 4) is 16.9 Å². The zero-order valence-electron chi connectivity index (χ0n) is 15.4. The molecule has 1 heterocycles. The van der Waals surface area contributed by atoms with E-state index in [9.17, 15) is 14.4 Å². The molecule has 0 saturated heterocycles. The summed E-state index contributed by atoms with van der Waals surface area (Å²) in [5.74, 6) is -0.196. The fraction of sp³-hybridized carbons (Fsp3) is 0.136. The molecule has 28 heavy (non-hydrogen) atoms. The van der Waals surface area contributed by atoms with Crippen molar-refractivity contribution in [2.24, 2.45) is 5.18 Å². The van der Waals surface area contributed by atoms with E-state index in [1.807, 2.05) is 6.07 Å². The SMILES string of the molecule is C=C(NCc1ccc(C)c(F)c1)c1cc(-c2cnccc2CN=O)ccc1O. The van der Waals surface area contributed by atoms with Gasteiger partial charge in [0.1, 0.15) is 18.1 Å². The molecule has 0 amide bonds. The van der Waals surface area contributed by atoms with Crippen molar-refractivity contribution in [3.05, 3.63) is 94.4 Å². The molecule has 142 valence electrons. The van der Waals surface area contributed by atoms with Crippen molar-refractivity contribution in [3.63, 3.8) is 0 Å². The van der Waals surface area contributed by atoms with Gasteiger partial charge >= 0.3 is 0 Å². The predicted octanol–water partition coefficient (Wildman–Crippen LogP) is 4.93. The van der Waals surface area contributed by atoms with Crippen molar-refractivity contribution < 1.29 is 9.50 Å². The topological polar surface area (TPSA) is 74.6 Å². The number of hydrogen-bond donors (Lipinski definition) is 2. The minimum absolute atomic E-state index is 0.0340. The number of halogens is 1. The van der Waals surface area contributed by atoms with Gasteiger partial charge < -0.3 is 10.4 Å². The summed E-state index contributed by atoms with van der Waals surface area (Å²) in [4.78, 5) is 14.8. The number of aromatic nitrogens is 1. The van der Waals surface area contributed by atoms with Crippen molar-refractivity contribution in [2.45, 2.75) is 20.0 Å². The van der Waals surface area contributed by atoms with Crippen LogP contribution >= 0.6 is 0 Å².